The van der Waals surface area contributed by atoms with Gasteiger partial charge >= 0.3 is 0 Å². The SMILES string of the molecule is COc1ccc(C2(C(=O)N[C@H]3CCc4cc(OC)c(OC)cc43)CCOCC2)cc1. The Hall–Kier alpha value is -2.73. The number of aryl methyl sites for hydroxylation is 1. The van der Waals surface area contributed by atoms with Crippen molar-refractivity contribution in [3.05, 3.63) is 53.1 Å². The Balaban J connectivity index is 1.62. The fourth-order valence-electron chi connectivity index (χ4n) is 4.66. The highest BCUT2D eigenvalue weighted by molar-refractivity contribution is 5.89. The lowest BCUT2D eigenvalue weighted by molar-refractivity contribution is -0.131. The molecule has 0 radical (unpaired) electrons. The molecule has 0 spiro atoms. The number of amides is 1. The normalized spacial score (nSPS) is 19.6. The Morgan fingerprint density at radius 2 is 1.67 bits per heavy atom. The minimum absolute atomic E-state index is 0.0368. The molecule has 2 aromatic carbocycles. The molecule has 30 heavy (non-hydrogen) atoms. The summed E-state index contributed by atoms with van der Waals surface area (Å²) in [6, 6.07) is 11.8. The molecule has 0 saturated carbocycles. The third-order valence-electron chi connectivity index (χ3n) is 6.45. The molecule has 1 amide bonds. The lowest BCUT2D eigenvalue weighted by Crippen LogP contribution is -2.48. The van der Waals surface area contributed by atoms with Crippen molar-refractivity contribution in [1.82, 2.24) is 5.32 Å². The van der Waals surface area contributed by atoms with E-state index in [1.807, 2.05) is 36.4 Å². The number of nitrogens with one attached hydrogen (secondary N) is 1. The van der Waals surface area contributed by atoms with Crippen LogP contribution in [0.25, 0.3) is 0 Å². The zero-order valence-electron chi connectivity index (χ0n) is 17.8. The lowest BCUT2D eigenvalue weighted by atomic mass is 9.73. The number of ether oxygens (including phenoxy) is 4. The molecule has 1 N–H and O–H groups in total. The van der Waals surface area contributed by atoms with Gasteiger partial charge in [-0.15, -0.1) is 0 Å². The standard InChI is InChI=1S/C24H29NO5/c1-27-18-7-5-17(6-8-18)24(10-12-30-13-11-24)23(26)25-20-9-4-16-14-21(28-2)22(29-3)15-19(16)20/h5-8,14-15,20H,4,9-13H2,1-3H3,(H,25,26)/t20-/m0/s1. The summed E-state index contributed by atoms with van der Waals surface area (Å²) in [5.74, 6) is 2.26. The van der Waals surface area contributed by atoms with Gasteiger partial charge in [0.15, 0.2) is 11.5 Å². The Morgan fingerprint density at radius 1 is 1.00 bits per heavy atom. The third-order valence-corrected chi connectivity index (χ3v) is 6.45. The van der Waals surface area contributed by atoms with Gasteiger partial charge in [0.2, 0.25) is 5.91 Å². The van der Waals surface area contributed by atoms with E-state index in [0.717, 1.165) is 35.5 Å². The van der Waals surface area contributed by atoms with Crippen LogP contribution in [0.2, 0.25) is 0 Å². The van der Waals surface area contributed by atoms with E-state index >= 15 is 0 Å². The number of hydrogen-bond acceptors (Lipinski definition) is 5. The Kier molecular flexibility index (Phi) is 5.86. The van der Waals surface area contributed by atoms with Crippen molar-refractivity contribution in [2.75, 3.05) is 34.5 Å². The molecular formula is C24H29NO5. The number of benzene rings is 2. The van der Waals surface area contributed by atoms with Gasteiger partial charge in [-0.05, 0) is 66.6 Å². The number of hydrogen-bond donors (Lipinski definition) is 1. The van der Waals surface area contributed by atoms with Gasteiger partial charge in [0, 0.05) is 13.2 Å². The van der Waals surface area contributed by atoms with E-state index in [0.29, 0.717) is 31.8 Å². The molecule has 2 aliphatic rings. The highest BCUT2D eigenvalue weighted by atomic mass is 16.5. The molecule has 1 fully saturated rings. The molecule has 160 valence electrons. The van der Waals surface area contributed by atoms with Gasteiger partial charge in [-0.2, -0.15) is 0 Å². The Morgan fingerprint density at radius 3 is 2.30 bits per heavy atom. The van der Waals surface area contributed by atoms with Gasteiger partial charge in [0.05, 0.1) is 32.8 Å². The topological polar surface area (TPSA) is 66.0 Å². The van der Waals surface area contributed by atoms with Crippen LogP contribution in [0.4, 0.5) is 0 Å². The molecule has 1 aliphatic carbocycles. The van der Waals surface area contributed by atoms with Gasteiger partial charge in [-0.25, -0.2) is 0 Å². The Bertz CT molecular complexity index is 903. The minimum Gasteiger partial charge on any atom is -0.497 e. The van der Waals surface area contributed by atoms with Crippen molar-refractivity contribution < 1.29 is 23.7 Å². The molecule has 2 aromatic rings. The fraction of sp³-hybridized carbons (Fsp3) is 0.458. The van der Waals surface area contributed by atoms with Crippen LogP contribution in [0, 0.1) is 0 Å². The van der Waals surface area contributed by atoms with Crippen molar-refractivity contribution in [1.29, 1.82) is 0 Å². The Labute approximate surface area is 177 Å². The maximum atomic E-state index is 13.7. The van der Waals surface area contributed by atoms with Gasteiger partial charge < -0.3 is 24.3 Å². The van der Waals surface area contributed by atoms with Crippen LogP contribution in [0.5, 0.6) is 17.2 Å². The lowest BCUT2D eigenvalue weighted by Gasteiger charge is -2.37. The molecule has 1 aliphatic heterocycles. The predicted octanol–water partition coefficient (Wildman–Crippen LogP) is 3.56. The van der Waals surface area contributed by atoms with Crippen molar-refractivity contribution in [2.45, 2.75) is 37.1 Å². The summed E-state index contributed by atoms with van der Waals surface area (Å²) in [6.45, 7) is 1.15. The maximum Gasteiger partial charge on any atom is 0.231 e. The van der Waals surface area contributed by atoms with Crippen molar-refractivity contribution in [3.63, 3.8) is 0 Å². The first-order chi connectivity index (χ1) is 14.6. The highest BCUT2D eigenvalue weighted by Crippen LogP contribution is 2.41. The summed E-state index contributed by atoms with van der Waals surface area (Å²) in [4.78, 5) is 13.7. The third kappa shape index (κ3) is 3.60. The van der Waals surface area contributed by atoms with E-state index in [1.54, 1.807) is 21.3 Å². The van der Waals surface area contributed by atoms with Gasteiger partial charge in [-0.3, -0.25) is 4.79 Å². The van der Waals surface area contributed by atoms with Crippen molar-refractivity contribution in [3.8, 4) is 17.2 Å². The second-order valence-corrected chi connectivity index (χ2v) is 7.89. The summed E-state index contributed by atoms with van der Waals surface area (Å²) in [5.41, 5.74) is 2.72. The maximum absolute atomic E-state index is 13.7. The first-order valence-corrected chi connectivity index (χ1v) is 10.4. The highest BCUT2D eigenvalue weighted by Gasteiger charge is 2.43. The van der Waals surface area contributed by atoms with Crippen LogP contribution in [-0.2, 0) is 21.4 Å². The average molecular weight is 411 g/mol. The van der Waals surface area contributed by atoms with Gasteiger partial charge in [0.25, 0.3) is 0 Å². The van der Waals surface area contributed by atoms with Crippen LogP contribution in [-0.4, -0.2) is 40.5 Å². The van der Waals surface area contributed by atoms with Crippen LogP contribution in [0.15, 0.2) is 36.4 Å². The fourth-order valence-corrected chi connectivity index (χ4v) is 4.66. The number of rotatable bonds is 6. The van der Waals surface area contributed by atoms with E-state index in [2.05, 4.69) is 5.32 Å². The molecular weight excluding hydrogens is 382 g/mol. The second-order valence-electron chi connectivity index (χ2n) is 7.89. The predicted molar refractivity (Wildman–Crippen MR) is 113 cm³/mol. The summed E-state index contributed by atoms with van der Waals surface area (Å²) in [7, 11) is 4.92. The quantitative estimate of drug-likeness (QED) is 0.787. The van der Waals surface area contributed by atoms with Crippen LogP contribution < -0.4 is 19.5 Å². The van der Waals surface area contributed by atoms with Crippen molar-refractivity contribution in [2.24, 2.45) is 0 Å². The molecule has 0 bridgehead atoms. The van der Waals surface area contributed by atoms with Crippen LogP contribution in [0.1, 0.15) is 42.0 Å². The molecule has 1 saturated heterocycles. The second kappa shape index (κ2) is 8.56. The van der Waals surface area contributed by atoms with Crippen LogP contribution >= 0.6 is 0 Å². The monoisotopic (exact) mass is 411 g/mol. The molecule has 6 heteroatoms. The molecule has 4 rings (SSSR count). The molecule has 6 nitrogen and oxygen atoms in total. The summed E-state index contributed by atoms with van der Waals surface area (Å²) >= 11 is 0. The van der Waals surface area contributed by atoms with Crippen LogP contribution in [0.3, 0.4) is 0 Å². The number of carbonyl (C=O) groups excluding carboxylic acids is 1. The molecule has 1 heterocycles. The average Bonchev–Trinajstić information content (AvgIpc) is 3.19. The summed E-state index contributed by atoms with van der Waals surface area (Å²) < 4.78 is 21.8. The zero-order chi connectivity index (χ0) is 21.1. The first-order valence-electron chi connectivity index (χ1n) is 10.4. The van der Waals surface area contributed by atoms with E-state index in [4.69, 9.17) is 18.9 Å². The summed E-state index contributed by atoms with van der Waals surface area (Å²) in [6.07, 6.45) is 3.10. The van der Waals surface area contributed by atoms with E-state index in [9.17, 15) is 4.79 Å². The smallest absolute Gasteiger partial charge is 0.231 e. The summed E-state index contributed by atoms with van der Waals surface area (Å²) in [5, 5.41) is 3.34. The largest absolute Gasteiger partial charge is 0.497 e. The van der Waals surface area contributed by atoms with Crippen molar-refractivity contribution >= 4 is 5.91 Å². The first kappa shape index (κ1) is 20.5. The van der Waals surface area contributed by atoms with Gasteiger partial charge in [0.1, 0.15) is 5.75 Å². The molecule has 1 atom stereocenters. The van der Waals surface area contributed by atoms with E-state index in [1.165, 1.54) is 5.56 Å². The molecule has 0 aromatic heterocycles. The van der Waals surface area contributed by atoms with E-state index in [-0.39, 0.29) is 11.9 Å². The minimum atomic E-state index is -0.593. The number of methoxy groups -OCH3 is 3. The molecule has 0 unspecified atom stereocenters. The van der Waals surface area contributed by atoms with E-state index < -0.39 is 5.41 Å². The number of carbonyl (C=O) groups is 1. The van der Waals surface area contributed by atoms with Gasteiger partial charge in [-0.1, -0.05) is 12.1 Å². The zero-order valence-corrected chi connectivity index (χ0v) is 17.8. The number of fused-ring (bicyclic) bond motifs is 1.